The highest BCUT2D eigenvalue weighted by Crippen LogP contribution is 2.33. The number of nitrogens with one attached hydrogen (secondary N) is 5. The van der Waals surface area contributed by atoms with E-state index in [4.69, 9.17) is 5.11 Å². The number of hydrogen-bond donors (Lipinski definition) is 6. The molecule has 3 aromatic rings. The quantitative estimate of drug-likeness (QED) is 0.224. The van der Waals surface area contributed by atoms with Crippen molar-refractivity contribution in [3.05, 3.63) is 65.1 Å². The third-order valence-corrected chi connectivity index (χ3v) is 5.76. The van der Waals surface area contributed by atoms with Gasteiger partial charge in [0.25, 0.3) is 5.91 Å². The normalized spacial score (nSPS) is 15.6. The third-order valence-electron chi connectivity index (χ3n) is 5.76. The van der Waals surface area contributed by atoms with Gasteiger partial charge in [0, 0.05) is 16.6 Å². The molecule has 0 bridgehead atoms. The summed E-state index contributed by atoms with van der Waals surface area (Å²) in [5.41, 5.74) is -1.26. The van der Waals surface area contributed by atoms with Gasteiger partial charge in [-0.15, -0.1) is 0 Å². The number of nitrogens with zero attached hydrogens (tertiary/aromatic N) is 2. The topological polar surface area (TPSA) is 161 Å². The second kappa shape index (κ2) is 12.0. The zero-order chi connectivity index (χ0) is 29.7. The number of aromatic nitrogens is 2. The van der Waals surface area contributed by atoms with Crippen molar-refractivity contribution in [3.63, 3.8) is 0 Å². The van der Waals surface area contributed by atoms with Crippen LogP contribution in [-0.4, -0.2) is 64.9 Å². The second-order valence-corrected chi connectivity index (χ2v) is 8.79. The van der Waals surface area contributed by atoms with Crippen molar-refractivity contribution in [3.8, 4) is 0 Å². The van der Waals surface area contributed by atoms with Crippen LogP contribution in [0.1, 0.15) is 27.9 Å². The van der Waals surface area contributed by atoms with Gasteiger partial charge in [0.1, 0.15) is 12.0 Å². The van der Waals surface area contributed by atoms with Gasteiger partial charge in [-0.2, -0.15) is 18.3 Å². The van der Waals surface area contributed by atoms with Crippen LogP contribution in [0.25, 0.3) is 16.6 Å². The molecule has 0 radical (unpaired) electrons. The summed E-state index contributed by atoms with van der Waals surface area (Å²) < 4.78 is 66.6. The lowest BCUT2D eigenvalue weighted by molar-refractivity contribution is -0.140. The van der Waals surface area contributed by atoms with Crippen molar-refractivity contribution in [1.82, 2.24) is 26.1 Å². The van der Waals surface area contributed by atoms with Crippen molar-refractivity contribution in [2.75, 3.05) is 25.0 Å². The van der Waals surface area contributed by atoms with Crippen LogP contribution in [0.3, 0.4) is 0 Å². The number of H-pyrrole nitrogens is 1. The lowest BCUT2D eigenvalue weighted by atomic mass is 10.1. The van der Waals surface area contributed by atoms with Crippen LogP contribution in [0.2, 0.25) is 0 Å². The van der Waals surface area contributed by atoms with E-state index in [9.17, 15) is 36.3 Å². The van der Waals surface area contributed by atoms with Gasteiger partial charge in [-0.25, -0.2) is 13.8 Å². The van der Waals surface area contributed by atoms with Gasteiger partial charge < -0.3 is 26.4 Å². The summed E-state index contributed by atoms with van der Waals surface area (Å²) in [5, 5.41) is 26.6. The first-order chi connectivity index (χ1) is 19.4. The highest BCUT2D eigenvalue weighted by molar-refractivity contribution is 6.07. The summed E-state index contributed by atoms with van der Waals surface area (Å²) in [4.78, 5) is 40.5. The van der Waals surface area contributed by atoms with Crippen LogP contribution >= 0.6 is 0 Å². The zero-order valence-electron chi connectivity index (χ0n) is 20.9. The number of halogens is 5. The molecular weight excluding hydrogens is 557 g/mol. The Kier molecular flexibility index (Phi) is 8.49. The van der Waals surface area contributed by atoms with Gasteiger partial charge in [-0.1, -0.05) is 0 Å². The maximum atomic E-state index is 13.7. The number of amides is 2. The van der Waals surface area contributed by atoms with E-state index < -0.39 is 54.5 Å². The number of carbonyl (C=O) groups is 3. The molecule has 4 rings (SSSR count). The number of carboxylic acids is 1. The Labute approximate surface area is 227 Å². The summed E-state index contributed by atoms with van der Waals surface area (Å²) in [6.45, 7) is -0.641. The summed E-state index contributed by atoms with van der Waals surface area (Å²) in [6.07, 6.45) is -4.38. The third kappa shape index (κ3) is 7.34. The van der Waals surface area contributed by atoms with Crippen LogP contribution in [-0.2, 0) is 15.8 Å². The molecule has 1 aliphatic rings. The number of alkyl halides is 4. The summed E-state index contributed by atoms with van der Waals surface area (Å²) in [7, 11) is 0. The molecule has 1 aliphatic heterocycles. The van der Waals surface area contributed by atoms with Crippen molar-refractivity contribution < 1.29 is 41.4 Å². The van der Waals surface area contributed by atoms with Gasteiger partial charge >= 0.3 is 12.1 Å². The molecule has 1 atom stereocenters. The number of benzene rings is 2. The fourth-order valence-electron chi connectivity index (χ4n) is 3.81. The molecular formula is C25H22F5N7O4. The van der Waals surface area contributed by atoms with Gasteiger partial charge in [-0.05, 0) is 42.0 Å². The number of carbonyl (C=O) groups excluding carboxylic acids is 2. The summed E-state index contributed by atoms with van der Waals surface area (Å²) >= 11 is 0. The van der Waals surface area contributed by atoms with Gasteiger partial charge in [0.15, 0.2) is 5.96 Å². The predicted molar refractivity (Wildman–Crippen MR) is 137 cm³/mol. The van der Waals surface area contributed by atoms with Gasteiger partial charge in [0.2, 0.25) is 5.91 Å². The number of guanidine groups is 1. The first-order valence-corrected chi connectivity index (χ1v) is 11.9. The number of rotatable bonds is 8. The average molecular weight is 579 g/mol. The van der Waals surface area contributed by atoms with Crippen LogP contribution in [0.15, 0.2) is 47.6 Å². The molecule has 16 heteroatoms. The SMILES string of the molecule is O=C(O)C/C=C(/NC(=O)CNC(=O)c1cc(NC2=NCC(F)CN2)c2cn[nH]c2c1)c1ccc(F)c(C(F)(F)F)c1. The van der Waals surface area contributed by atoms with E-state index in [1.54, 1.807) is 0 Å². The highest BCUT2D eigenvalue weighted by atomic mass is 19.4. The molecule has 0 saturated heterocycles. The largest absolute Gasteiger partial charge is 0.481 e. The maximum Gasteiger partial charge on any atom is 0.419 e. The average Bonchev–Trinajstić information content (AvgIpc) is 3.40. The van der Waals surface area contributed by atoms with E-state index in [-0.39, 0.29) is 35.9 Å². The Hall–Kier alpha value is -5.02. The first kappa shape index (κ1) is 29.0. The summed E-state index contributed by atoms with van der Waals surface area (Å²) in [5.74, 6) is -4.19. The number of hydrogen-bond acceptors (Lipinski definition) is 7. The molecule has 216 valence electrons. The highest BCUT2D eigenvalue weighted by Gasteiger charge is 2.34. The van der Waals surface area contributed by atoms with Crippen LogP contribution < -0.4 is 21.3 Å². The molecule has 2 aromatic carbocycles. The molecule has 11 nitrogen and oxygen atoms in total. The van der Waals surface area contributed by atoms with Crippen molar-refractivity contribution in [2.24, 2.45) is 4.99 Å². The standard InChI is InChI=1S/C25H22F5N7O4/c26-14-8-32-24(33-9-14)36-19-6-13(7-20-15(19)10-34-37-20)23(41)31-11-21(38)35-18(3-4-22(39)40)12-1-2-17(27)16(5-12)25(28,29)30/h1-3,5-7,10,14H,4,8-9,11H2,(H,31,41)(H,34,37)(H,35,38)(H,39,40)(H2,32,33,36)/b18-3+. The molecule has 1 unspecified atom stereocenters. The van der Waals surface area contributed by atoms with Crippen molar-refractivity contribution in [2.45, 2.75) is 18.8 Å². The van der Waals surface area contributed by atoms with Crippen molar-refractivity contribution >= 4 is 46.0 Å². The van der Waals surface area contributed by atoms with Gasteiger partial charge in [-0.3, -0.25) is 19.5 Å². The molecule has 0 fully saturated rings. The molecule has 6 N–H and O–H groups in total. The van der Waals surface area contributed by atoms with E-state index >= 15 is 0 Å². The van der Waals surface area contributed by atoms with Crippen LogP contribution in [0.5, 0.6) is 0 Å². The second-order valence-electron chi connectivity index (χ2n) is 8.79. The maximum absolute atomic E-state index is 13.7. The van der Waals surface area contributed by atoms with Crippen molar-refractivity contribution in [1.29, 1.82) is 0 Å². The lowest BCUT2D eigenvalue weighted by Gasteiger charge is -2.19. The number of carboxylic acid groups (broad SMARTS) is 1. The van der Waals surface area contributed by atoms with E-state index in [1.807, 2.05) is 0 Å². The van der Waals surface area contributed by atoms with Crippen LogP contribution in [0.4, 0.5) is 27.6 Å². The van der Waals surface area contributed by atoms with Gasteiger partial charge in [0.05, 0.1) is 49.0 Å². The molecule has 0 aliphatic carbocycles. The molecule has 0 saturated carbocycles. The fourth-order valence-corrected chi connectivity index (χ4v) is 3.81. The fraction of sp³-hybridized carbons (Fsp3) is 0.240. The number of fused-ring (bicyclic) bond motifs is 1. The molecule has 1 aromatic heterocycles. The Balaban J connectivity index is 1.48. The molecule has 2 heterocycles. The molecule has 0 spiro atoms. The Morgan fingerprint density at radius 1 is 1.15 bits per heavy atom. The molecule has 2 amide bonds. The van der Waals surface area contributed by atoms with E-state index in [0.717, 1.165) is 12.1 Å². The van der Waals surface area contributed by atoms with Crippen LogP contribution in [0, 0.1) is 5.82 Å². The minimum absolute atomic E-state index is 0.0442. The Bertz CT molecular complexity index is 1550. The predicted octanol–water partition coefficient (Wildman–Crippen LogP) is 2.79. The van der Waals surface area contributed by atoms with E-state index in [2.05, 4.69) is 36.5 Å². The number of aliphatic imine (C=N–C) groups is 1. The minimum Gasteiger partial charge on any atom is -0.481 e. The summed E-state index contributed by atoms with van der Waals surface area (Å²) in [6, 6.07) is 4.85. The number of anilines is 1. The number of aromatic amines is 1. The number of aliphatic carboxylic acids is 1. The monoisotopic (exact) mass is 579 g/mol. The lowest BCUT2D eigenvalue weighted by Crippen LogP contribution is -2.41. The molecule has 41 heavy (non-hydrogen) atoms. The van der Waals surface area contributed by atoms with E-state index in [1.165, 1.54) is 18.3 Å². The smallest absolute Gasteiger partial charge is 0.419 e. The zero-order valence-corrected chi connectivity index (χ0v) is 20.9. The Morgan fingerprint density at radius 3 is 2.61 bits per heavy atom. The van der Waals surface area contributed by atoms with E-state index in [0.29, 0.717) is 28.7 Å². The first-order valence-electron chi connectivity index (χ1n) is 11.9. The minimum atomic E-state index is -5.03. The Morgan fingerprint density at radius 2 is 1.93 bits per heavy atom.